The van der Waals surface area contributed by atoms with Crippen LogP contribution in [0.15, 0.2) is 18.3 Å². The van der Waals surface area contributed by atoms with Gasteiger partial charge >= 0.3 is 12.7 Å². The normalized spacial score (nSPS) is 12.5. The molecule has 0 radical (unpaired) electrons. The summed E-state index contributed by atoms with van der Waals surface area (Å²) in [7, 11) is 0. The summed E-state index contributed by atoms with van der Waals surface area (Å²) in [6.07, 6.45) is -3.20. The maximum Gasteiger partial charge on any atom is 0.416 e. The minimum absolute atomic E-state index is 0.0966. The van der Waals surface area contributed by atoms with Crippen molar-refractivity contribution < 1.29 is 22.0 Å². The molecule has 9 heteroatoms. The zero-order valence-electron chi connectivity index (χ0n) is 12.0. The molecule has 0 spiro atoms. The molecule has 3 aromatic rings. The number of halogens is 5. The van der Waals surface area contributed by atoms with E-state index >= 15 is 0 Å². The molecule has 0 saturated carbocycles. The van der Waals surface area contributed by atoms with E-state index in [1.807, 2.05) is 0 Å². The summed E-state index contributed by atoms with van der Waals surface area (Å²) in [5.74, 6) is 0. The van der Waals surface area contributed by atoms with Crippen LogP contribution in [0.1, 0.15) is 23.5 Å². The fourth-order valence-electron chi connectivity index (χ4n) is 2.66. The van der Waals surface area contributed by atoms with Crippen LogP contribution in [0.4, 0.5) is 22.0 Å². The predicted octanol–water partition coefficient (Wildman–Crippen LogP) is 4.46. The van der Waals surface area contributed by atoms with E-state index in [9.17, 15) is 22.0 Å². The fraction of sp³-hybridized carbons (Fsp3) is 0.286. The van der Waals surface area contributed by atoms with Crippen molar-refractivity contribution in [3.63, 3.8) is 0 Å². The van der Waals surface area contributed by atoms with Gasteiger partial charge in [0.05, 0.1) is 23.0 Å². The van der Waals surface area contributed by atoms with Crippen LogP contribution in [0, 0.1) is 13.8 Å². The van der Waals surface area contributed by atoms with Crippen LogP contribution >= 0.6 is 0 Å². The van der Waals surface area contributed by atoms with Gasteiger partial charge in [-0.15, -0.1) is 0 Å². The first-order valence-corrected chi connectivity index (χ1v) is 6.58. The van der Waals surface area contributed by atoms with Crippen molar-refractivity contribution in [2.45, 2.75) is 26.6 Å². The standard InChI is InChI=1S/C14H11F5N4/c1-6-12(7(2)23(22-6)13(15)16)9-3-8(14(17,18)19)4-11-10(9)5-20-21-11/h3-5,13H,1-2H3,(H,20,21). The highest BCUT2D eigenvalue weighted by Gasteiger charge is 2.32. The van der Waals surface area contributed by atoms with Gasteiger partial charge in [-0.25, -0.2) is 4.68 Å². The zero-order chi connectivity index (χ0) is 16.9. The average molecular weight is 330 g/mol. The Hall–Kier alpha value is -2.45. The Morgan fingerprint density at radius 2 is 1.87 bits per heavy atom. The van der Waals surface area contributed by atoms with Crippen molar-refractivity contribution in [1.29, 1.82) is 0 Å². The van der Waals surface area contributed by atoms with Gasteiger partial charge in [-0.3, -0.25) is 5.10 Å². The third kappa shape index (κ3) is 2.45. The van der Waals surface area contributed by atoms with Crippen molar-refractivity contribution >= 4 is 10.9 Å². The summed E-state index contributed by atoms with van der Waals surface area (Å²) in [6, 6.07) is 1.87. The summed E-state index contributed by atoms with van der Waals surface area (Å²) in [5.41, 5.74) is 0.0449. The number of rotatable bonds is 2. The highest BCUT2D eigenvalue weighted by atomic mass is 19.4. The van der Waals surface area contributed by atoms with Gasteiger partial charge in [0.1, 0.15) is 0 Å². The molecule has 2 heterocycles. The van der Waals surface area contributed by atoms with Gasteiger partial charge in [0.2, 0.25) is 0 Å². The quantitative estimate of drug-likeness (QED) is 0.705. The molecule has 0 unspecified atom stereocenters. The van der Waals surface area contributed by atoms with E-state index in [0.717, 1.165) is 12.1 Å². The van der Waals surface area contributed by atoms with Crippen LogP contribution in [-0.2, 0) is 6.18 Å². The van der Waals surface area contributed by atoms with E-state index in [-0.39, 0.29) is 28.0 Å². The second kappa shape index (κ2) is 5.04. The number of hydrogen-bond donors (Lipinski definition) is 1. The molecule has 3 rings (SSSR count). The van der Waals surface area contributed by atoms with Crippen molar-refractivity contribution in [2.75, 3.05) is 0 Å². The number of nitrogens with one attached hydrogen (secondary N) is 1. The van der Waals surface area contributed by atoms with Crippen LogP contribution in [0.5, 0.6) is 0 Å². The van der Waals surface area contributed by atoms with E-state index < -0.39 is 18.3 Å². The van der Waals surface area contributed by atoms with E-state index in [1.165, 1.54) is 20.0 Å². The molecule has 0 saturated heterocycles. The van der Waals surface area contributed by atoms with Gasteiger partial charge in [-0.2, -0.15) is 32.1 Å². The first kappa shape index (κ1) is 15.4. The number of H-pyrrole nitrogens is 1. The van der Waals surface area contributed by atoms with Crippen LogP contribution in [-0.4, -0.2) is 20.0 Å². The second-order valence-electron chi connectivity index (χ2n) is 5.12. The Labute approximate surface area is 126 Å². The average Bonchev–Trinajstić information content (AvgIpc) is 3.01. The zero-order valence-corrected chi connectivity index (χ0v) is 12.0. The van der Waals surface area contributed by atoms with Crippen molar-refractivity contribution in [2.24, 2.45) is 0 Å². The molecule has 0 fully saturated rings. The highest BCUT2D eigenvalue weighted by molar-refractivity contribution is 5.96. The first-order chi connectivity index (χ1) is 10.7. The summed E-state index contributed by atoms with van der Waals surface area (Å²) in [4.78, 5) is 0. The van der Waals surface area contributed by atoms with Gasteiger partial charge < -0.3 is 0 Å². The van der Waals surface area contributed by atoms with Gasteiger partial charge in [0.25, 0.3) is 0 Å². The lowest BCUT2D eigenvalue weighted by Crippen LogP contribution is -2.05. The smallest absolute Gasteiger partial charge is 0.278 e. The maximum absolute atomic E-state index is 13.1. The monoisotopic (exact) mass is 330 g/mol. The van der Waals surface area contributed by atoms with E-state index in [2.05, 4.69) is 15.3 Å². The lowest BCUT2D eigenvalue weighted by atomic mass is 9.97. The van der Waals surface area contributed by atoms with E-state index in [4.69, 9.17) is 0 Å². The van der Waals surface area contributed by atoms with Crippen LogP contribution in [0.25, 0.3) is 22.0 Å². The number of hydrogen-bond acceptors (Lipinski definition) is 2. The Kier molecular flexibility index (Phi) is 3.38. The number of fused-ring (bicyclic) bond motifs is 1. The Bertz CT molecular complexity index is 875. The Morgan fingerprint density at radius 3 is 2.43 bits per heavy atom. The summed E-state index contributed by atoms with van der Waals surface area (Å²) >= 11 is 0. The van der Waals surface area contributed by atoms with Gasteiger partial charge in [0.15, 0.2) is 0 Å². The lowest BCUT2D eigenvalue weighted by molar-refractivity contribution is -0.137. The molecule has 2 aromatic heterocycles. The molecule has 1 N–H and O–H groups in total. The van der Waals surface area contributed by atoms with Gasteiger partial charge in [-0.1, -0.05) is 0 Å². The maximum atomic E-state index is 13.1. The number of alkyl halides is 5. The Morgan fingerprint density at radius 1 is 1.17 bits per heavy atom. The minimum Gasteiger partial charge on any atom is -0.278 e. The summed E-state index contributed by atoms with van der Waals surface area (Å²) < 4.78 is 65.7. The molecule has 4 nitrogen and oxygen atoms in total. The molecule has 0 aliphatic rings. The molecule has 0 aliphatic carbocycles. The molecule has 0 atom stereocenters. The molecule has 0 bridgehead atoms. The van der Waals surface area contributed by atoms with Crippen LogP contribution in [0.2, 0.25) is 0 Å². The summed E-state index contributed by atoms with van der Waals surface area (Å²) in [5, 5.41) is 10.4. The number of aromatic amines is 1. The lowest BCUT2D eigenvalue weighted by Gasteiger charge is -2.11. The van der Waals surface area contributed by atoms with E-state index in [0.29, 0.717) is 10.1 Å². The van der Waals surface area contributed by atoms with Crippen LogP contribution < -0.4 is 0 Å². The molecule has 0 aliphatic heterocycles. The molecule has 122 valence electrons. The van der Waals surface area contributed by atoms with Crippen molar-refractivity contribution in [3.8, 4) is 11.1 Å². The number of nitrogens with zero attached hydrogens (tertiary/aromatic N) is 3. The fourth-order valence-corrected chi connectivity index (χ4v) is 2.66. The minimum atomic E-state index is -4.56. The van der Waals surface area contributed by atoms with Crippen molar-refractivity contribution in [1.82, 2.24) is 20.0 Å². The SMILES string of the molecule is Cc1nn(C(F)F)c(C)c1-c1cc(C(F)(F)F)cc2[nH]ncc12. The number of aromatic nitrogens is 4. The molecule has 23 heavy (non-hydrogen) atoms. The number of aryl methyl sites for hydroxylation is 1. The van der Waals surface area contributed by atoms with Gasteiger partial charge in [-0.05, 0) is 31.5 Å². The third-order valence-electron chi connectivity index (χ3n) is 3.67. The van der Waals surface area contributed by atoms with Crippen LogP contribution in [0.3, 0.4) is 0 Å². The molecular weight excluding hydrogens is 319 g/mol. The van der Waals surface area contributed by atoms with Gasteiger partial charge in [0, 0.05) is 16.6 Å². The predicted molar refractivity (Wildman–Crippen MR) is 73.0 cm³/mol. The second-order valence-corrected chi connectivity index (χ2v) is 5.12. The highest BCUT2D eigenvalue weighted by Crippen LogP contribution is 2.39. The number of benzene rings is 1. The molecule has 1 aromatic carbocycles. The first-order valence-electron chi connectivity index (χ1n) is 6.58. The largest absolute Gasteiger partial charge is 0.416 e. The molecule has 0 amide bonds. The Balaban J connectivity index is 2.34. The summed E-state index contributed by atoms with van der Waals surface area (Å²) in [6.45, 7) is 0.00854. The van der Waals surface area contributed by atoms with Crippen molar-refractivity contribution in [3.05, 3.63) is 35.3 Å². The van der Waals surface area contributed by atoms with E-state index in [1.54, 1.807) is 0 Å². The topological polar surface area (TPSA) is 46.5 Å². The third-order valence-corrected chi connectivity index (χ3v) is 3.67. The molecular formula is C14H11F5N4.